The maximum Gasteiger partial charge on any atom is 0.0755 e. The molecule has 0 atom stereocenters. The molecule has 0 bridgehead atoms. The highest BCUT2D eigenvalue weighted by Gasteiger charge is 2.33. The Hall–Kier alpha value is -1.70. The van der Waals surface area contributed by atoms with Crippen molar-refractivity contribution in [2.75, 3.05) is 0 Å². The molecule has 1 aliphatic rings. The van der Waals surface area contributed by atoms with Crippen molar-refractivity contribution >= 4 is 16.3 Å². The van der Waals surface area contributed by atoms with E-state index in [1.807, 2.05) is 6.20 Å². The van der Waals surface area contributed by atoms with Crippen molar-refractivity contribution in [3.8, 4) is 0 Å². The summed E-state index contributed by atoms with van der Waals surface area (Å²) in [5.41, 5.74) is 6.01. The standard InChI is InChI=1S/C16H18N2/c1-9-8-12-6-7-17-14-10(2)11(3)16(4,5)15(18-9)13(12)14/h6-8H,1-5H3. The second-order valence-electron chi connectivity index (χ2n) is 5.74. The summed E-state index contributed by atoms with van der Waals surface area (Å²) in [7, 11) is 0. The third-order valence-corrected chi connectivity index (χ3v) is 4.32. The first-order chi connectivity index (χ1) is 8.43. The van der Waals surface area contributed by atoms with E-state index in [1.165, 1.54) is 27.6 Å². The molecule has 0 saturated carbocycles. The van der Waals surface area contributed by atoms with Crippen molar-refractivity contribution in [3.63, 3.8) is 0 Å². The SMILES string of the molecule is CC1=C(C)C(C)(C)c2nc(C)cc3ccnc1c23. The average molecular weight is 238 g/mol. The third kappa shape index (κ3) is 1.29. The van der Waals surface area contributed by atoms with E-state index in [4.69, 9.17) is 4.98 Å². The number of aromatic nitrogens is 2. The minimum atomic E-state index is -0.00954. The molecule has 2 aromatic heterocycles. The molecular weight excluding hydrogens is 220 g/mol. The summed E-state index contributed by atoms with van der Waals surface area (Å²) >= 11 is 0. The molecule has 0 amide bonds. The summed E-state index contributed by atoms with van der Waals surface area (Å²) in [5, 5.41) is 2.48. The summed E-state index contributed by atoms with van der Waals surface area (Å²) in [6, 6.07) is 4.23. The molecule has 1 aliphatic carbocycles. The van der Waals surface area contributed by atoms with Crippen LogP contribution in [0, 0.1) is 6.92 Å². The Balaban J connectivity index is 2.57. The van der Waals surface area contributed by atoms with Gasteiger partial charge in [0.25, 0.3) is 0 Å². The molecule has 0 unspecified atom stereocenters. The molecule has 2 aromatic rings. The van der Waals surface area contributed by atoms with Gasteiger partial charge in [0.15, 0.2) is 0 Å². The lowest BCUT2D eigenvalue weighted by Gasteiger charge is -2.33. The van der Waals surface area contributed by atoms with Crippen LogP contribution in [0.4, 0.5) is 0 Å². The van der Waals surface area contributed by atoms with Crippen LogP contribution >= 0.6 is 0 Å². The van der Waals surface area contributed by atoms with Gasteiger partial charge in [-0.3, -0.25) is 9.97 Å². The highest BCUT2D eigenvalue weighted by atomic mass is 14.8. The van der Waals surface area contributed by atoms with Crippen molar-refractivity contribution in [1.82, 2.24) is 9.97 Å². The Labute approximate surface area is 108 Å². The van der Waals surface area contributed by atoms with Gasteiger partial charge < -0.3 is 0 Å². The quantitative estimate of drug-likeness (QED) is 0.692. The number of nitrogens with zero attached hydrogens (tertiary/aromatic N) is 2. The third-order valence-electron chi connectivity index (χ3n) is 4.32. The van der Waals surface area contributed by atoms with Gasteiger partial charge in [-0.05, 0) is 43.9 Å². The predicted molar refractivity (Wildman–Crippen MR) is 75.6 cm³/mol. The number of hydrogen-bond donors (Lipinski definition) is 0. The fraction of sp³-hybridized carbons (Fsp3) is 0.375. The summed E-state index contributed by atoms with van der Waals surface area (Å²) in [4.78, 5) is 9.36. The molecule has 3 rings (SSSR count). The van der Waals surface area contributed by atoms with E-state index in [0.29, 0.717) is 0 Å². The Kier molecular flexibility index (Phi) is 2.16. The maximum atomic E-state index is 4.80. The van der Waals surface area contributed by atoms with Crippen molar-refractivity contribution in [2.24, 2.45) is 0 Å². The van der Waals surface area contributed by atoms with Gasteiger partial charge in [0.2, 0.25) is 0 Å². The molecule has 92 valence electrons. The van der Waals surface area contributed by atoms with E-state index in [1.54, 1.807) is 0 Å². The number of pyridine rings is 2. The summed E-state index contributed by atoms with van der Waals surface area (Å²) in [6.07, 6.45) is 1.90. The highest BCUT2D eigenvalue weighted by Crippen LogP contribution is 2.44. The van der Waals surface area contributed by atoms with Crippen molar-refractivity contribution in [3.05, 3.63) is 41.0 Å². The van der Waals surface area contributed by atoms with Crippen molar-refractivity contribution in [1.29, 1.82) is 0 Å². The van der Waals surface area contributed by atoms with E-state index < -0.39 is 0 Å². The molecule has 18 heavy (non-hydrogen) atoms. The summed E-state index contributed by atoms with van der Waals surface area (Å²) in [6.45, 7) is 10.9. The Morgan fingerprint density at radius 1 is 1.11 bits per heavy atom. The topological polar surface area (TPSA) is 25.8 Å². The fourth-order valence-corrected chi connectivity index (χ4v) is 2.90. The minimum absolute atomic E-state index is 0.00954. The summed E-state index contributed by atoms with van der Waals surface area (Å²) < 4.78 is 0. The Morgan fingerprint density at radius 2 is 1.83 bits per heavy atom. The predicted octanol–water partition coefficient (Wildman–Crippen LogP) is 4.02. The van der Waals surface area contributed by atoms with Crippen LogP contribution in [0.2, 0.25) is 0 Å². The molecule has 0 N–H and O–H groups in total. The molecule has 2 nitrogen and oxygen atoms in total. The van der Waals surface area contributed by atoms with E-state index >= 15 is 0 Å². The number of aryl methyl sites for hydroxylation is 1. The van der Waals surface area contributed by atoms with Gasteiger partial charge in [-0.25, -0.2) is 0 Å². The first-order valence-electron chi connectivity index (χ1n) is 6.38. The van der Waals surface area contributed by atoms with Crippen LogP contribution in [-0.2, 0) is 5.41 Å². The average Bonchev–Trinajstić information content (AvgIpc) is 2.33. The van der Waals surface area contributed by atoms with Crippen LogP contribution in [0.5, 0.6) is 0 Å². The van der Waals surface area contributed by atoms with Gasteiger partial charge in [0, 0.05) is 22.7 Å². The van der Waals surface area contributed by atoms with Gasteiger partial charge in [0.1, 0.15) is 0 Å². The van der Waals surface area contributed by atoms with E-state index in [9.17, 15) is 0 Å². The van der Waals surface area contributed by atoms with Crippen LogP contribution in [-0.4, -0.2) is 9.97 Å². The van der Waals surface area contributed by atoms with Crippen LogP contribution in [0.1, 0.15) is 44.8 Å². The van der Waals surface area contributed by atoms with Gasteiger partial charge >= 0.3 is 0 Å². The number of rotatable bonds is 0. The van der Waals surface area contributed by atoms with E-state index in [0.717, 1.165) is 11.4 Å². The molecule has 0 fully saturated rings. The first-order valence-corrected chi connectivity index (χ1v) is 6.38. The molecule has 0 aliphatic heterocycles. The lowest BCUT2D eigenvalue weighted by molar-refractivity contribution is 0.602. The van der Waals surface area contributed by atoms with Crippen LogP contribution in [0.25, 0.3) is 16.3 Å². The van der Waals surface area contributed by atoms with Gasteiger partial charge in [-0.1, -0.05) is 19.4 Å². The molecule has 2 heterocycles. The van der Waals surface area contributed by atoms with Gasteiger partial charge in [0.05, 0.1) is 11.4 Å². The number of allylic oxidation sites excluding steroid dienone is 2. The lowest BCUT2D eigenvalue weighted by Crippen LogP contribution is -2.26. The summed E-state index contributed by atoms with van der Waals surface area (Å²) in [5.74, 6) is 0. The van der Waals surface area contributed by atoms with Crippen LogP contribution in [0.15, 0.2) is 23.9 Å². The molecule has 0 saturated heterocycles. The zero-order chi connectivity index (χ0) is 13.1. The molecular formula is C16H18N2. The smallest absolute Gasteiger partial charge is 0.0755 e. The van der Waals surface area contributed by atoms with Crippen molar-refractivity contribution < 1.29 is 0 Å². The zero-order valence-electron chi connectivity index (χ0n) is 11.6. The maximum absolute atomic E-state index is 4.80. The normalized spacial score (nSPS) is 17.4. The van der Waals surface area contributed by atoms with Crippen LogP contribution < -0.4 is 0 Å². The molecule has 2 heteroatoms. The molecule has 0 spiro atoms. The lowest BCUT2D eigenvalue weighted by atomic mass is 9.73. The van der Waals surface area contributed by atoms with Gasteiger partial charge in [-0.2, -0.15) is 0 Å². The monoisotopic (exact) mass is 238 g/mol. The second kappa shape index (κ2) is 3.41. The van der Waals surface area contributed by atoms with E-state index in [-0.39, 0.29) is 5.41 Å². The Morgan fingerprint density at radius 3 is 2.56 bits per heavy atom. The Bertz CT molecular complexity index is 694. The molecule has 0 radical (unpaired) electrons. The van der Waals surface area contributed by atoms with E-state index in [2.05, 4.69) is 51.7 Å². The largest absolute Gasteiger partial charge is 0.257 e. The fourth-order valence-electron chi connectivity index (χ4n) is 2.90. The van der Waals surface area contributed by atoms with Gasteiger partial charge in [-0.15, -0.1) is 0 Å². The minimum Gasteiger partial charge on any atom is -0.257 e. The van der Waals surface area contributed by atoms with Crippen LogP contribution in [0.3, 0.4) is 0 Å². The zero-order valence-corrected chi connectivity index (χ0v) is 11.6. The van der Waals surface area contributed by atoms with Crippen molar-refractivity contribution in [2.45, 2.75) is 40.0 Å². The first kappa shape index (κ1) is 11.4. The number of hydrogen-bond acceptors (Lipinski definition) is 2. The second-order valence-corrected chi connectivity index (χ2v) is 5.74. The highest BCUT2D eigenvalue weighted by molar-refractivity contribution is 5.97. The molecule has 0 aromatic carbocycles.